The molecule has 0 aromatic rings. The highest BCUT2D eigenvalue weighted by molar-refractivity contribution is 5.70. The summed E-state index contributed by atoms with van der Waals surface area (Å²) in [4.78, 5) is 23.1. The summed E-state index contributed by atoms with van der Waals surface area (Å²) in [7, 11) is 0. The SMILES string of the molecule is CCCCCCCC(=O)O[C@H](C)COC(=O)CCCCCC. The van der Waals surface area contributed by atoms with Crippen molar-refractivity contribution in [2.24, 2.45) is 0 Å². The highest BCUT2D eigenvalue weighted by Gasteiger charge is 2.12. The van der Waals surface area contributed by atoms with Gasteiger partial charge in [0, 0.05) is 12.8 Å². The lowest BCUT2D eigenvalue weighted by Gasteiger charge is -2.13. The van der Waals surface area contributed by atoms with E-state index in [1.807, 2.05) is 0 Å². The highest BCUT2D eigenvalue weighted by Crippen LogP contribution is 2.07. The summed E-state index contributed by atoms with van der Waals surface area (Å²) in [5.74, 6) is -0.387. The number of hydrogen-bond donors (Lipinski definition) is 0. The summed E-state index contributed by atoms with van der Waals surface area (Å²) in [6.45, 7) is 6.23. The largest absolute Gasteiger partial charge is 0.462 e. The molecule has 0 aliphatic rings. The van der Waals surface area contributed by atoms with Gasteiger partial charge in [0.2, 0.25) is 0 Å². The van der Waals surface area contributed by atoms with Gasteiger partial charge in [0.25, 0.3) is 0 Å². The first-order valence-corrected chi connectivity index (χ1v) is 8.95. The van der Waals surface area contributed by atoms with Crippen LogP contribution in [0.1, 0.15) is 91.4 Å². The monoisotopic (exact) mass is 314 g/mol. The van der Waals surface area contributed by atoms with Crippen LogP contribution < -0.4 is 0 Å². The molecule has 0 spiro atoms. The minimum absolute atomic E-state index is 0.161. The van der Waals surface area contributed by atoms with E-state index in [-0.39, 0.29) is 24.6 Å². The Morgan fingerprint density at radius 1 is 0.773 bits per heavy atom. The molecule has 0 heterocycles. The number of hydrogen-bond acceptors (Lipinski definition) is 4. The predicted octanol–water partition coefficient (Wildman–Crippen LogP) is 4.79. The molecular formula is C18H34O4. The molecule has 0 aromatic carbocycles. The van der Waals surface area contributed by atoms with Crippen LogP contribution in [0, 0.1) is 0 Å². The molecule has 0 fully saturated rings. The predicted molar refractivity (Wildman–Crippen MR) is 88.6 cm³/mol. The standard InChI is InChI=1S/C18H34O4/c1-4-6-8-10-12-14-18(20)22-16(3)15-21-17(19)13-11-9-7-5-2/h16H,4-15H2,1-3H3/t16-/m1/s1. The van der Waals surface area contributed by atoms with Crippen LogP contribution in [0.5, 0.6) is 0 Å². The van der Waals surface area contributed by atoms with E-state index >= 15 is 0 Å². The van der Waals surface area contributed by atoms with E-state index in [9.17, 15) is 9.59 Å². The van der Waals surface area contributed by atoms with Gasteiger partial charge in [-0.05, 0) is 19.8 Å². The van der Waals surface area contributed by atoms with E-state index in [1.165, 1.54) is 19.3 Å². The molecule has 0 radical (unpaired) electrons. The number of carbonyl (C=O) groups is 2. The van der Waals surface area contributed by atoms with Crippen molar-refractivity contribution in [2.75, 3.05) is 6.61 Å². The third-order valence-corrected chi connectivity index (χ3v) is 3.53. The fourth-order valence-electron chi connectivity index (χ4n) is 2.17. The molecule has 0 aromatic heterocycles. The van der Waals surface area contributed by atoms with Crippen LogP contribution >= 0.6 is 0 Å². The van der Waals surface area contributed by atoms with Crippen molar-refractivity contribution in [1.82, 2.24) is 0 Å². The molecule has 0 amide bonds. The topological polar surface area (TPSA) is 52.6 Å². The number of rotatable bonds is 14. The maximum Gasteiger partial charge on any atom is 0.306 e. The van der Waals surface area contributed by atoms with Gasteiger partial charge in [-0.2, -0.15) is 0 Å². The van der Waals surface area contributed by atoms with Gasteiger partial charge in [-0.3, -0.25) is 9.59 Å². The second-order valence-corrected chi connectivity index (χ2v) is 5.96. The average molecular weight is 314 g/mol. The van der Waals surface area contributed by atoms with E-state index in [0.717, 1.165) is 38.5 Å². The van der Waals surface area contributed by atoms with Crippen LogP contribution in [-0.4, -0.2) is 24.6 Å². The van der Waals surface area contributed by atoms with Crippen LogP contribution in [0.4, 0.5) is 0 Å². The molecule has 0 rings (SSSR count). The first-order chi connectivity index (χ1) is 10.6. The molecule has 1 atom stereocenters. The Kier molecular flexibility index (Phi) is 14.1. The van der Waals surface area contributed by atoms with E-state index in [4.69, 9.17) is 9.47 Å². The first-order valence-electron chi connectivity index (χ1n) is 8.95. The van der Waals surface area contributed by atoms with Crippen molar-refractivity contribution in [3.05, 3.63) is 0 Å². The summed E-state index contributed by atoms with van der Waals surface area (Å²) in [6, 6.07) is 0. The summed E-state index contributed by atoms with van der Waals surface area (Å²) in [6.07, 6.45) is 10.3. The summed E-state index contributed by atoms with van der Waals surface area (Å²) in [5, 5.41) is 0. The third-order valence-electron chi connectivity index (χ3n) is 3.53. The van der Waals surface area contributed by atoms with Crippen LogP contribution in [0.2, 0.25) is 0 Å². The van der Waals surface area contributed by atoms with Gasteiger partial charge in [0.1, 0.15) is 12.7 Å². The van der Waals surface area contributed by atoms with E-state index in [1.54, 1.807) is 6.92 Å². The Labute approximate surface area is 135 Å². The van der Waals surface area contributed by atoms with E-state index in [0.29, 0.717) is 12.8 Å². The maximum absolute atomic E-state index is 11.6. The molecule has 0 aliphatic heterocycles. The van der Waals surface area contributed by atoms with Crippen LogP contribution in [0.3, 0.4) is 0 Å². The molecular weight excluding hydrogens is 280 g/mol. The fraction of sp³-hybridized carbons (Fsp3) is 0.889. The fourth-order valence-corrected chi connectivity index (χ4v) is 2.17. The lowest BCUT2D eigenvalue weighted by molar-refractivity contribution is -0.158. The zero-order chi connectivity index (χ0) is 16.6. The molecule has 4 nitrogen and oxygen atoms in total. The molecule has 0 aliphatic carbocycles. The number of ether oxygens (including phenoxy) is 2. The Balaban J connectivity index is 3.56. The Morgan fingerprint density at radius 3 is 1.86 bits per heavy atom. The second kappa shape index (κ2) is 14.9. The van der Waals surface area contributed by atoms with Gasteiger partial charge < -0.3 is 9.47 Å². The highest BCUT2D eigenvalue weighted by atomic mass is 16.6. The smallest absolute Gasteiger partial charge is 0.306 e. The molecule has 130 valence electrons. The average Bonchev–Trinajstić information content (AvgIpc) is 2.49. The van der Waals surface area contributed by atoms with Crippen molar-refractivity contribution in [3.63, 3.8) is 0 Å². The van der Waals surface area contributed by atoms with Gasteiger partial charge in [-0.15, -0.1) is 0 Å². The van der Waals surface area contributed by atoms with Gasteiger partial charge in [-0.1, -0.05) is 58.8 Å². The van der Waals surface area contributed by atoms with Crippen LogP contribution in [0.25, 0.3) is 0 Å². The van der Waals surface area contributed by atoms with Crippen molar-refractivity contribution in [1.29, 1.82) is 0 Å². The Morgan fingerprint density at radius 2 is 1.27 bits per heavy atom. The molecule has 4 heteroatoms. The molecule has 0 saturated heterocycles. The summed E-state index contributed by atoms with van der Waals surface area (Å²) in [5.41, 5.74) is 0. The van der Waals surface area contributed by atoms with E-state index < -0.39 is 0 Å². The number of esters is 2. The quantitative estimate of drug-likeness (QED) is 0.341. The third kappa shape index (κ3) is 13.9. The van der Waals surface area contributed by atoms with E-state index in [2.05, 4.69) is 13.8 Å². The van der Waals surface area contributed by atoms with Gasteiger partial charge >= 0.3 is 11.9 Å². The Hall–Kier alpha value is -1.06. The number of unbranched alkanes of at least 4 members (excludes halogenated alkanes) is 7. The van der Waals surface area contributed by atoms with Crippen LogP contribution in [0.15, 0.2) is 0 Å². The zero-order valence-electron chi connectivity index (χ0n) is 14.7. The zero-order valence-corrected chi connectivity index (χ0v) is 14.7. The summed E-state index contributed by atoms with van der Waals surface area (Å²) >= 11 is 0. The first kappa shape index (κ1) is 20.9. The molecule has 0 N–H and O–H groups in total. The van der Waals surface area contributed by atoms with Crippen molar-refractivity contribution < 1.29 is 19.1 Å². The Bertz CT molecular complexity index is 289. The van der Waals surface area contributed by atoms with Crippen LogP contribution in [-0.2, 0) is 19.1 Å². The lowest BCUT2D eigenvalue weighted by atomic mass is 10.1. The number of carbonyl (C=O) groups excluding carboxylic acids is 2. The minimum Gasteiger partial charge on any atom is -0.462 e. The van der Waals surface area contributed by atoms with Gasteiger partial charge in [0.15, 0.2) is 0 Å². The summed E-state index contributed by atoms with van der Waals surface area (Å²) < 4.78 is 10.4. The molecule has 0 bridgehead atoms. The van der Waals surface area contributed by atoms with Gasteiger partial charge in [-0.25, -0.2) is 0 Å². The van der Waals surface area contributed by atoms with Crippen molar-refractivity contribution in [3.8, 4) is 0 Å². The molecule has 0 unspecified atom stereocenters. The van der Waals surface area contributed by atoms with Gasteiger partial charge in [0.05, 0.1) is 0 Å². The van der Waals surface area contributed by atoms with Crippen molar-refractivity contribution >= 4 is 11.9 Å². The second-order valence-electron chi connectivity index (χ2n) is 5.96. The molecule has 22 heavy (non-hydrogen) atoms. The molecule has 0 saturated carbocycles. The normalized spacial score (nSPS) is 12.0. The minimum atomic E-state index is -0.359. The maximum atomic E-state index is 11.6. The van der Waals surface area contributed by atoms with Crippen molar-refractivity contribution in [2.45, 2.75) is 97.5 Å². The lowest BCUT2D eigenvalue weighted by Crippen LogP contribution is -2.22.